The molecule has 0 fully saturated rings. The molecule has 1 aromatic carbocycles. The summed E-state index contributed by atoms with van der Waals surface area (Å²) in [6.45, 7) is 0. The standard InChI is InChI=1S/C20H15N3OS/c1-24-19-8-3-2-5-16(19)6-4-7-17(13-21)20-23-18(14-25-20)15-9-11-22-12-10-15/h2-12,14H,1H3/b6-4+,17-7-. The first-order valence-corrected chi connectivity index (χ1v) is 8.47. The smallest absolute Gasteiger partial charge is 0.134 e. The minimum absolute atomic E-state index is 0.524. The number of para-hydroxylation sites is 1. The van der Waals surface area contributed by atoms with Crippen molar-refractivity contribution in [3.05, 3.63) is 76.9 Å². The third kappa shape index (κ3) is 4.00. The minimum atomic E-state index is 0.524. The lowest BCUT2D eigenvalue weighted by molar-refractivity contribution is 0.414. The summed E-state index contributed by atoms with van der Waals surface area (Å²) in [5, 5.41) is 12.1. The number of aromatic nitrogens is 2. The SMILES string of the molecule is COc1ccccc1/C=C/C=C(/C#N)c1nc(-c2ccncc2)cs1. The molecule has 2 aromatic heterocycles. The maximum Gasteiger partial charge on any atom is 0.134 e. The van der Waals surface area contributed by atoms with Crippen molar-refractivity contribution in [2.24, 2.45) is 0 Å². The van der Waals surface area contributed by atoms with Crippen molar-refractivity contribution in [1.29, 1.82) is 5.26 Å². The van der Waals surface area contributed by atoms with Crippen LogP contribution >= 0.6 is 11.3 Å². The van der Waals surface area contributed by atoms with Crippen LogP contribution in [-0.4, -0.2) is 17.1 Å². The normalized spacial score (nSPS) is 11.4. The third-order valence-electron chi connectivity index (χ3n) is 3.51. The lowest BCUT2D eigenvalue weighted by Crippen LogP contribution is -1.85. The maximum atomic E-state index is 9.44. The predicted octanol–water partition coefficient (Wildman–Crippen LogP) is 4.83. The number of thiazole rings is 1. The van der Waals surface area contributed by atoms with Crippen LogP contribution in [0.1, 0.15) is 10.6 Å². The number of ether oxygens (including phenoxy) is 1. The van der Waals surface area contributed by atoms with E-state index < -0.39 is 0 Å². The van der Waals surface area contributed by atoms with E-state index in [-0.39, 0.29) is 0 Å². The van der Waals surface area contributed by atoms with Gasteiger partial charge in [-0.3, -0.25) is 4.98 Å². The van der Waals surface area contributed by atoms with E-state index >= 15 is 0 Å². The van der Waals surface area contributed by atoms with Crippen molar-refractivity contribution in [3.63, 3.8) is 0 Å². The lowest BCUT2D eigenvalue weighted by atomic mass is 10.1. The molecule has 0 N–H and O–H groups in total. The highest BCUT2D eigenvalue weighted by Gasteiger charge is 2.08. The van der Waals surface area contributed by atoms with Gasteiger partial charge in [-0.2, -0.15) is 5.26 Å². The van der Waals surface area contributed by atoms with Gasteiger partial charge in [0, 0.05) is 28.9 Å². The fourth-order valence-electron chi connectivity index (χ4n) is 2.26. The molecule has 3 aromatic rings. The fourth-order valence-corrected chi connectivity index (χ4v) is 3.06. The van der Waals surface area contributed by atoms with Crippen molar-refractivity contribution < 1.29 is 4.74 Å². The van der Waals surface area contributed by atoms with E-state index in [1.54, 1.807) is 25.6 Å². The highest BCUT2D eigenvalue weighted by Crippen LogP contribution is 2.26. The Morgan fingerprint density at radius 3 is 2.76 bits per heavy atom. The first-order chi connectivity index (χ1) is 12.3. The molecule has 25 heavy (non-hydrogen) atoms. The second kappa shape index (κ2) is 8.04. The zero-order valence-corrected chi connectivity index (χ0v) is 14.4. The Hall–Kier alpha value is -3.23. The van der Waals surface area contributed by atoms with Gasteiger partial charge < -0.3 is 4.74 Å². The molecule has 0 radical (unpaired) electrons. The number of nitriles is 1. The zero-order chi connectivity index (χ0) is 17.5. The number of pyridine rings is 1. The summed E-state index contributed by atoms with van der Waals surface area (Å²) in [5.74, 6) is 0.792. The summed E-state index contributed by atoms with van der Waals surface area (Å²) in [7, 11) is 1.64. The number of benzene rings is 1. The molecule has 0 aliphatic heterocycles. The van der Waals surface area contributed by atoms with Crippen molar-refractivity contribution in [1.82, 2.24) is 9.97 Å². The van der Waals surface area contributed by atoms with Gasteiger partial charge in [0.15, 0.2) is 0 Å². The van der Waals surface area contributed by atoms with E-state index in [0.717, 1.165) is 22.6 Å². The topological polar surface area (TPSA) is 58.8 Å². The minimum Gasteiger partial charge on any atom is -0.496 e. The average molecular weight is 345 g/mol. The Kier molecular flexibility index (Phi) is 5.35. The molecule has 0 spiro atoms. The number of rotatable bonds is 5. The van der Waals surface area contributed by atoms with Gasteiger partial charge in [0.05, 0.1) is 18.4 Å². The van der Waals surface area contributed by atoms with Crippen LogP contribution in [0.4, 0.5) is 0 Å². The van der Waals surface area contributed by atoms with Crippen LogP contribution in [0.5, 0.6) is 5.75 Å². The van der Waals surface area contributed by atoms with Gasteiger partial charge in [0.25, 0.3) is 0 Å². The van der Waals surface area contributed by atoms with Gasteiger partial charge in [-0.15, -0.1) is 11.3 Å². The van der Waals surface area contributed by atoms with Crippen molar-refractivity contribution in [2.75, 3.05) is 7.11 Å². The molecule has 3 rings (SSSR count). The molecular weight excluding hydrogens is 330 g/mol. The number of nitrogens with zero attached hydrogens (tertiary/aromatic N) is 3. The van der Waals surface area contributed by atoms with Crippen molar-refractivity contribution in [2.45, 2.75) is 0 Å². The predicted molar refractivity (Wildman–Crippen MR) is 101 cm³/mol. The molecule has 0 unspecified atom stereocenters. The molecule has 122 valence electrons. The molecule has 0 saturated carbocycles. The van der Waals surface area contributed by atoms with Crippen LogP contribution in [0.25, 0.3) is 22.9 Å². The van der Waals surface area contributed by atoms with Crippen LogP contribution in [0, 0.1) is 11.3 Å². The van der Waals surface area contributed by atoms with Crippen LogP contribution < -0.4 is 4.74 Å². The molecule has 0 aliphatic rings. The van der Waals surface area contributed by atoms with E-state index in [2.05, 4.69) is 16.0 Å². The highest BCUT2D eigenvalue weighted by molar-refractivity contribution is 7.11. The van der Waals surface area contributed by atoms with Crippen molar-refractivity contribution in [3.8, 4) is 23.1 Å². The molecule has 0 saturated heterocycles. The number of methoxy groups -OCH3 is 1. The summed E-state index contributed by atoms with van der Waals surface area (Å²) >= 11 is 1.45. The highest BCUT2D eigenvalue weighted by atomic mass is 32.1. The molecular formula is C20H15N3OS. The molecule has 0 atom stereocenters. The number of allylic oxidation sites excluding steroid dienone is 3. The fraction of sp³-hybridized carbons (Fsp3) is 0.0500. The average Bonchev–Trinajstić information content (AvgIpc) is 3.16. The summed E-state index contributed by atoms with van der Waals surface area (Å²) < 4.78 is 5.31. The van der Waals surface area contributed by atoms with Crippen LogP contribution in [0.2, 0.25) is 0 Å². The van der Waals surface area contributed by atoms with Crippen LogP contribution in [-0.2, 0) is 0 Å². The molecule has 0 amide bonds. The Balaban J connectivity index is 1.83. The van der Waals surface area contributed by atoms with Gasteiger partial charge in [-0.25, -0.2) is 4.98 Å². The van der Waals surface area contributed by atoms with Gasteiger partial charge in [0.2, 0.25) is 0 Å². The summed E-state index contributed by atoms with van der Waals surface area (Å²) in [4.78, 5) is 8.56. The van der Waals surface area contributed by atoms with E-state index in [1.807, 2.05) is 53.9 Å². The monoisotopic (exact) mass is 345 g/mol. The maximum absolute atomic E-state index is 9.44. The Morgan fingerprint density at radius 1 is 1.20 bits per heavy atom. The van der Waals surface area contributed by atoms with E-state index in [1.165, 1.54) is 11.3 Å². The largest absolute Gasteiger partial charge is 0.496 e. The zero-order valence-electron chi connectivity index (χ0n) is 13.6. The Bertz CT molecular complexity index is 952. The van der Waals surface area contributed by atoms with Gasteiger partial charge in [-0.1, -0.05) is 30.4 Å². The van der Waals surface area contributed by atoms with Gasteiger partial charge in [-0.05, 0) is 24.3 Å². The first-order valence-electron chi connectivity index (χ1n) is 7.59. The first kappa shape index (κ1) is 16.6. The summed E-state index contributed by atoms with van der Waals surface area (Å²) in [5.41, 5.74) is 3.31. The van der Waals surface area contributed by atoms with E-state index in [9.17, 15) is 5.26 Å². The quantitative estimate of drug-likeness (QED) is 0.491. The molecule has 5 heteroatoms. The van der Waals surface area contributed by atoms with Crippen molar-refractivity contribution >= 4 is 23.0 Å². The Labute approximate surface area is 150 Å². The van der Waals surface area contributed by atoms with Gasteiger partial charge in [0.1, 0.15) is 16.8 Å². The number of hydrogen-bond acceptors (Lipinski definition) is 5. The third-order valence-corrected chi connectivity index (χ3v) is 4.38. The molecule has 4 nitrogen and oxygen atoms in total. The van der Waals surface area contributed by atoms with E-state index in [4.69, 9.17) is 4.74 Å². The van der Waals surface area contributed by atoms with E-state index in [0.29, 0.717) is 10.6 Å². The second-order valence-electron chi connectivity index (χ2n) is 5.07. The molecule has 0 aliphatic carbocycles. The molecule has 2 heterocycles. The lowest BCUT2D eigenvalue weighted by Gasteiger charge is -2.02. The van der Waals surface area contributed by atoms with Gasteiger partial charge >= 0.3 is 0 Å². The Morgan fingerprint density at radius 2 is 2.00 bits per heavy atom. The van der Waals surface area contributed by atoms with Crippen LogP contribution in [0.15, 0.2) is 66.3 Å². The summed E-state index contributed by atoms with van der Waals surface area (Å²) in [6.07, 6.45) is 8.97. The molecule has 0 bridgehead atoms. The number of hydrogen-bond donors (Lipinski definition) is 0. The van der Waals surface area contributed by atoms with Crippen LogP contribution in [0.3, 0.4) is 0 Å². The summed E-state index contributed by atoms with van der Waals surface area (Å²) in [6, 6.07) is 13.7. The second-order valence-corrected chi connectivity index (χ2v) is 5.93.